The third-order valence-electron chi connectivity index (χ3n) is 2.06. The Bertz CT molecular complexity index is 193. The number of hydrogen-bond acceptors (Lipinski definition) is 2. The first-order valence-electron chi connectivity index (χ1n) is 5.74. The molecule has 0 atom stereocenters. The average molecular weight is 214 g/mol. The van der Waals surface area contributed by atoms with Gasteiger partial charge in [-0.15, -0.1) is 0 Å². The highest BCUT2D eigenvalue weighted by atomic mass is 16.2. The third-order valence-corrected chi connectivity index (χ3v) is 2.06. The Morgan fingerprint density at radius 1 is 0.933 bits per heavy atom. The van der Waals surface area contributed by atoms with Crippen LogP contribution in [0.1, 0.15) is 46.0 Å². The summed E-state index contributed by atoms with van der Waals surface area (Å²) in [5.41, 5.74) is 0. The molecule has 0 aromatic carbocycles. The van der Waals surface area contributed by atoms with Crippen molar-refractivity contribution in [1.29, 1.82) is 0 Å². The number of hydrogen-bond donors (Lipinski definition) is 2. The molecule has 15 heavy (non-hydrogen) atoms. The van der Waals surface area contributed by atoms with E-state index in [1.54, 1.807) is 0 Å². The van der Waals surface area contributed by atoms with Gasteiger partial charge < -0.3 is 10.6 Å². The summed E-state index contributed by atoms with van der Waals surface area (Å²) in [6.45, 7) is 4.90. The average Bonchev–Trinajstić information content (AvgIpc) is 2.24. The second kappa shape index (κ2) is 9.49. The number of amides is 2. The molecule has 0 saturated heterocycles. The zero-order chi connectivity index (χ0) is 11.5. The molecule has 0 bridgehead atoms. The third kappa shape index (κ3) is 9.25. The standard InChI is InChI=1S/C11H22N2O2/c1-3-5-7-10(14)13-9-11(15)12-8-6-4-2/h3-9H2,1-2H3,(H,12,15)(H,13,14). The van der Waals surface area contributed by atoms with E-state index in [2.05, 4.69) is 17.6 Å². The van der Waals surface area contributed by atoms with Crippen molar-refractivity contribution in [1.82, 2.24) is 10.6 Å². The molecule has 0 aromatic heterocycles. The maximum Gasteiger partial charge on any atom is 0.239 e. The smallest absolute Gasteiger partial charge is 0.239 e. The molecule has 4 heteroatoms. The van der Waals surface area contributed by atoms with Gasteiger partial charge in [0.25, 0.3) is 0 Å². The number of carbonyl (C=O) groups excluding carboxylic acids is 2. The van der Waals surface area contributed by atoms with E-state index in [-0.39, 0.29) is 18.4 Å². The monoisotopic (exact) mass is 214 g/mol. The SMILES string of the molecule is CCCCNC(=O)CNC(=O)CCCC. The van der Waals surface area contributed by atoms with Gasteiger partial charge in [0.2, 0.25) is 11.8 Å². The molecule has 4 nitrogen and oxygen atoms in total. The van der Waals surface area contributed by atoms with Crippen molar-refractivity contribution in [2.75, 3.05) is 13.1 Å². The number of rotatable bonds is 8. The molecule has 88 valence electrons. The molecule has 0 radical (unpaired) electrons. The Balaban J connectivity index is 3.40. The van der Waals surface area contributed by atoms with Crippen LogP contribution in [0.3, 0.4) is 0 Å². The lowest BCUT2D eigenvalue weighted by Gasteiger charge is -2.05. The zero-order valence-electron chi connectivity index (χ0n) is 9.77. The fourth-order valence-corrected chi connectivity index (χ4v) is 1.07. The highest BCUT2D eigenvalue weighted by molar-refractivity contribution is 5.84. The summed E-state index contributed by atoms with van der Waals surface area (Å²) in [6.07, 6.45) is 4.43. The molecule has 0 fully saturated rings. The van der Waals surface area contributed by atoms with Crippen molar-refractivity contribution in [2.45, 2.75) is 46.0 Å². The fraction of sp³-hybridized carbons (Fsp3) is 0.818. The lowest BCUT2D eigenvalue weighted by molar-refractivity contribution is -0.126. The van der Waals surface area contributed by atoms with E-state index in [4.69, 9.17) is 0 Å². The van der Waals surface area contributed by atoms with E-state index in [9.17, 15) is 9.59 Å². The Morgan fingerprint density at radius 3 is 2.20 bits per heavy atom. The normalized spacial score (nSPS) is 9.73. The molecule has 0 spiro atoms. The molecule has 0 aliphatic heterocycles. The van der Waals surface area contributed by atoms with Gasteiger partial charge >= 0.3 is 0 Å². The molecule has 2 N–H and O–H groups in total. The van der Waals surface area contributed by atoms with Gasteiger partial charge in [-0.25, -0.2) is 0 Å². The minimum atomic E-state index is -0.103. The van der Waals surface area contributed by atoms with Crippen molar-refractivity contribution < 1.29 is 9.59 Å². The van der Waals surface area contributed by atoms with Crippen molar-refractivity contribution in [3.63, 3.8) is 0 Å². The lowest BCUT2D eigenvalue weighted by Crippen LogP contribution is -2.37. The first-order chi connectivity index (χ1) is 7.20. The maximum absolute atomic E-state index is 11.2. The Labute approximate surface area is 91.8 Å². The van der Waals surface area contributed by atoms with Gasteiger partial charge in [-0.1, -0.05) is 26.7 Å². The Morgan fingerprint density at radius 2 is 1.60 bits per heavy atom. The number of carbonyl (C=O) groups is 2. The zero-order valence-corrected chi connectivity index (χ0v) is 9.77. The second-order valence-electron chi connectivity index (χ2n) is 3.58. The minimum absolute atomic E-state index is 0.0394. The summed E-state index contributed by atoms with van der Waals surface area (Å²) in [5.74, 6) is -0.143. The van der Waals surface area contributed by atoms with Gasteiger partial charge in [0.05, 0.1) is 6.54 Å². The van der Waals surface area contributed by atoms with Crippen molar-refractivity contribution >= 4 is 11.8 Å². The molecule has 0 unspecified atom stereocenters. The van der Waals surface area contributed by atoms with Crippen molar-refractivity contribution in [3.05, 3.63) is 0 Å². The van der Waals surface area contributed by atoms with Gasteiger partial charge in [-0.3, -0.25) is 9.59 Å². The van der Waals surface area contributed by atoms with Crippen molar-refractivity contribution in [2.24, 2.45) is 0 Å². The van der Waals surface area contributed by atoms with Gasteiger partial charge in [0.15, 0.2) is 0 Å². The predicted molar refractivity (Wildman–Crippen MR) is 60.5 cm³/mol. The summed E-state index contributed by atoms with van der Waals surface area (Å²) in [6, 6.07) is 0. The highest BCUT2D eigenvalue weighted by Crippen LogP contribution is 1.92. The second-order valence-corrected chi connectivity index (χ2v) is 3.58. The van der Waals surface area contributed by atoms with Gasteiger partial charge in [0, 0.05) is 13.0 Å². The molecule has 0 aliphatic carbocycles. The first kappa shape index (κ1) is 13.9. The van der Waals surface area contributed by atoms with E-state index in [0.717, 1.165) is 25.7 Å². The number of nitrogens with one attached hydrogen (secondary N) is 2. The summed E-state index contributed by atoms with van der Waals surface area (Å²) in [7, 11) is 0. The van der Waals surface area contributed by atoms with Gasteiger partial charge in [-0.2, -0.15) is 0 Å². The Kier molecular flexibility index (Phi) is 8.82. The Hall–Kier alpha value is -1.06. The number of unbranched alkanes of at least 4 members (excludes halogenated alkanes) is 2. The molecular weight excluding hydrogens is 192 g/mol. The maximum atomic E-state index is 11.2. The lowest BCUT2D eigenvalue weighted by atomic mass is 10.2. The molecule has 0 aromatic rings. The van der Waals surface area contributed by atoms with Crippen molar-refractivity contribution in [3.8, 4) is 0 Å². The van der Waals surface area contributed by atoms with E-state index in [1.165, 1.54) is 0 Å². The summed E-state index contributed by atoms with van der Waals surface area (Å²) >= 11 is 0. The summed E-state index contributed by atoms with van der Waals surface area (Å²) < 4.78 is 0. The van der Waals surface area contributed by atoms with Gasteiger partial charge in [-0.05, 0) is 12.8 Å². The predicted octanol–water partition coefficient (Wildman–Crippen LogP) is 1.21. The summed E-state index contributed by atoms with van der Waals surface area (Å²) in [5, 5.41) is 5.33. The van der Waals surface area contributed by atoms with Crippen LogP contribution in [0.25, 0.3) is 0 Å². The van der Waals surface area contributed by atoms with Crippen LogP contribution in [-0.2, 0) is 9.59 Å². The topological polar surface area (TPSA) is 58.2 Å². The molecule has 0 heterocycles. The van der Waals surface area contributed by atoms with Crippen LogP contribution in [0.2, 0.25) is 0 Å². The van der Waals surface area contributed by atoms with Crippen LogP contribution in [0.5, 0.6) is 0 Å². The first-order valence-corrected chi connectivity index (χ1v) is 5.74. The van der Waals surface area contributed by atoms with E-state index in [1.807, 2.05) is 6.92 Å². The summed E-state index contributed by atoms with van der Waals surface area (Å²) in [4.78, 5) is 22.3. The van der Waals surface area contributed by atoms with Crippen LogP contribution in [0, 0.1) is 0 Å². The molecule has 0 aliphatic rings. The van der Waals surface area contributed by atoms with E-state index < -0.39 is 0 Å². The minimum Gasteiger partial charge on any atom is -0.355 e. The van der Waals surface area contributed by atoms with Crippen LogP contribution >= 0.6 is 0 Å². The van der Waals surface area contributed by atoms with Crippen LogP contribution in [0.4, 0.5) is 0 Å². The molecular formula is C11H22N2O2. The van der Waals surface area contributed by atoms with E-state index >= 15 is 0 Å². The molecule has 0 rings (SSSR count). The highest BCUT2D eigenvalue weighted by Gasteiger charge is 2.03. The molecule has 2 amide bonds. The quantitative estimate of drug-likeness (QED) is 0.597. The van der Waals surface area contributed by atoms with Gasteiger partial charge in [0.1, 0.15) is 0 Å². The molecule has 0 saturated carbocycles. The fourth-order valence-electron chi connectivity index (χ4n) is 1.07. The van der Waals surface area contributed by atoms with E-state index in [0.29, 0.717) is 13.0 Å². The van der Waals surface area contributed by atoms with Crippen LogP contribution in [-0.4, -0.2) is 24.9 Å². The van der Waals surface area contributed by atoms with Crippen LogP contribution in [0.15, 0.2) is 0 Å². The largest absolute Gasteiger partial charge is 0.355 e. The van der Waals surface area contributed by atoms with Crippen LogP contribution < -0.4 is 10.6 Å².